The maximum atomic E-state index is 2.38. The van der Waals surface area contributed by atoms with Gasteiger partial charge in [-0.2, -0.15) is 0 Å². The lowest BCUT2D eigenvalue weighted by atomic mass is 10.4. The van der Waals surface area contributed by atoms with Gasteiger partial charge < -0.3 is 0 Å². The zero-order valence-corrected chi connectivity index (χ0v) is 10.7. The predicted octanol–water partition coefficient (Wildman–Crippen LogP) is 3.92. The summed E-state index contributed by atoms with van der Waals surface area (Å²) in [5.41, 5.74) is 0. The van der Waals surface area contributed by atoms with E-state index in [0.717, 1.165) is 0 Å². The van der Waals surface area contributed by atoms with E-state index in [2.05, 4.69) is 37.3 Å². The van der Waals surface area contributed by atoms with Crippen molar-refractivity contribution in [2.45, 2.75) is 32.6 Å². The van der Waals surface area contributed by atoms with Crippen LogP contribution in [0.15, 0.2) is 30.3 Å². The molecule has 1 aromatic carbocycles. The summed E-state index contributed by atoms with van der Waals surface area (Å²) >= 11 is 0. The summed E-state index contributed by atoms with van der Waals surface area (Å²) in [6, 6.07) is 11.4. The van der Waals surface area contributed by atoms with Gasteiger partial charge in [0, 0.05) is 7.26 Å². The number of unbranched alkanes of at least 4 members (excludes halogenated alkanes) is 1. The van der Waals surface area contributed by atoms with E-state index in [1.54, 1.807) is 5.30 Å². The summed E-state index contributed by atoms with van der Waals surface area (Å²) in [6.45, 7) is 2.32. The third-order valence-corrected chi connectivity index (χ3v) is 8.58. The van der Waals surface area contributed by atoms with E-state index in [-0.39, 0.29) is 0 Å². The molecule has 0 N–H and O–H groups in total. The van der Waals surface area contributed by atoms with E-state index in [0.29, 0.717) is 0 Å². The van der Waals surface area contributed by atoms with Gasteiger partial charge in [0.2, 0.25) is 0 Å². The molecule has 1 heteroatoms. The van der Waals surface area contributed by atoms with Crippen LogP contribution in [0.2, 0.25) is 0 Å². The van der Waals surface area contributed by atoms with Crippen molar-refractivity contribution >= 4 is 12.6 Å². The Hall–Kier alpha value is -0.350. The Balaban J connectivity index is 2.19. The van der Waals surface area contributed by atoms with Crippen LogP contribution in [-0.2, 0) is 0 Å². The van der Waals surface area contributed by atoms with E-state index < -0.39 is 7.26 Å². The van der Waals surface area contributed by atoms with Crippen molar-refractivity contribution in [1.29, 1.82) is 0 Å². The molecule has 1 aliphatic heterocycles. The molecule has 0 aliphatic carbocycles. The van der Waals surface area contributed by atoms with Gasteiger partial charge in [0.25, 0.3) is 0 Å². The minimum atomic E-state index is -0.716. The van der Waals surface area contributed by atoms with Crippen molar-refractivity contribution in [2.24, 2.45) is 0 Å². The standard InChI is InChI=1S/C14H22P/c1-2-3-11-15(12-7-8-13-15)14-9-5-4-6-10-14/h4-6,9-10H,2-3,7-8,11-13H2,1H3/q+1. The first-order chi connectivity index (χ1) is 7.37. The maximum absolute atomic E-state index is 2.38. The first-order valence-corrected chi connectivity index (χ1v) is 8.63. The molecule has 0 unspecified atom stereocenters. The maximum Gasteiger partial charge on any atom is 0.0939 e. The minimum absolute atomic E-state index is 0.716. The topological polar surface area (TPSA) is 0 Å². The second-order valence-electron chi connectivity index (χ2n) is 4.71. The zero-order valence-electron chi connectivity index (χ0n) is 9.78. The van der Waals surface area contributed by atoms with Crippen molar-refractivity contribution in [3.8, 4) is 0 Å². The highest BCUT2D eigenvalue weighted by atomic mass is 31.2. The highest BCUT2D eigenvalue weighted by Crippen LogP contribution is 2.62. The average Bonchev–Trinajstić information content (AvgIpc) is 2.78. The van der Waals surface area contributed by atoms with Crippen molar-refractivity contribution < 1.29 is 0 Å². The highest BCUT2D eigenvalue weighted by Gasteiger charge is 2.42. The van der Waals surface area contributed by atoms with E-state index in [1.165, 1.54) is 44.2 Å². The monoisotopic (exact) mass is 221 g/mol. The molecule has 0 atom stereocenters. The molecular weight excluding hydrogens is 199 g/mol. The van der Waals surface area contributed by atoms with Gasteiger partial charge in [0.15, 0.2) is 0 Å². The quantitative estimate of drug-likeness (QED) is 0.676. The average molecular weight is 221 g/mol. The summed E-state index contributed by atoms with van der Waals surface area (Å²) in [6.07, 6.45) is 10.3. The van der Waals surface area contributed by atoms with Crippen molar-refractivity contribution in [2.75, 3.05) is 18.5 Å². The predicted molar refractivity (Wildman–Crippen MR) is 71.7 cm³/mol. The van der Waals surface area contributed by atoms with Gasteiger partial charge in [-0.15, -0.1) is 0 Å². The summed E-state index contributed by atoms with van der Waals surface area (Å²) in [4.78, 5) is 0. The second kappa shape index (κ2) is 5.12. The van der Waals surface area contributed by atoms with Gasteiger partial charge in [-0.3, -0.25) is 0 Å². The zero-order chi connectivity index (χ0) is 10.6. The Morgan fingerprint density at radius 3 is 2.33 bits per heavy atom. The number of hydrogen-bond acceptors (Lipinski definition) is 0. The first kappa shape index (κ1) is 11.1. The Labute approximate surface area is 94.4 Å². The van der Waals surface area contributed by atoms with Gasteiger partial charge in [0.1, 0.15) is 0 Å². The fourth-order valence-corrected chi connectivity index (χ4v) is 7.59. The lowest BCUT2D eigenvalue weighted by Gasteiger charge is -2.21. The van der Waals surface area contributed by atoms with Crippen LogP contribution in [0.4, 0.5) is 0 Å². The fourth-order valence-electron chi connectivity index (χ4n) is 2.76. The SMILES string of the molecule is CCCC[P+]1(c2ccccc2)CCCC1. The fraction of sp³-hybridized carbons (Fsp3) is 0.571. The number of hydrogen-bond donors (Lipinski definition) is 0. The molecule has 1 heterocycles. The molecule has 0 radical (unpaired) electrons. The Bertz CT molecular complexity index is 285. The van der Waals surface area contributed by atoms with Crippen molar-refractivity contribution in [3.63, 3.8) is 0 Å². The van der Waals surface area contributed by atoms with E-state index in [4.69, 9.17) is 0 Å². The molecular formula is C14H22P+. The summed E-state index contributed by atoms with van der Waals surface area (Å²) < 4.78 is 0. The van der Waals surface area contributed by atoms with Crippen LogP contribution in [0.1, 0.15) is 32.6 Å². The van der Waals surface area contributed by atoms with Gasteiger partial charge in [0.05, 0.1) is 23.8 Å². The van der Waals surface area contributed by atoms with Crippen LogP contribution in [0.3, 0.4) is 0 Å². The van der Waals surface area contributed by atoms with Crippen molar-refractivity contribution in [3.05, 3.63) is 30.3 Å². The molecule has 0 spiro atoms. The van der Waals surface area contributed by atoms with E-state index >= 15 is 0 Å². The minimum Gasteiger partial charge on any atom is -0.0652 e. The van der Waals surface area contributed by atoms with Gasteiger partial charge >= 0.3 is 0 Å². The molecule has 82 valence electrons. The lowest BCUT2D eigenvalue weighted by molar-refractivity contribution is 0.888. The molecule has 0 saturated carbocycles. The molecule has 0 bridgehead atoms. The summed E-state index contributed by atoms with van der Waals surface area (Å²) in [7, 11) is -0.716. The largest absolute Gasteiger partial charge is 0.0939 e. The van der Waals surface area contributed by atoms with Crippen LogP contribution in [0.25, 0.3) is 0 Å². The first-order valence-electron chi connectivity index (χ1n) is 6.29. The Morgan fingerprint density at radius 2 is 1.73 bits per heavy atom. The van der Waals surface area contributed by atoms with Crippen LogP contribution in [0, 0.1) is 0 Å². The van der Waals surface area contributed by atoms with Gasteiger partial charge in [-0.05, 0) is 31.4 Å². The Morgan fingerprint density at radius 1 is 1.07 bits per heavy atom. The van der Waals surface area contributed by atoms with Gasteiger partial charge in [-0.1, -0.05) is 31.5 Å². The molecule has 0 nitrogen and oxygen atoms in total. The molecule has 0 aromatic heterocycles. The van der Waals surface area contributed by atoms with Crippen LogP contribution in [0.5, 0.6) is 0 Å². The van der Waals surface area contributed by atoms with E-state index in [1.807, 2.05) is 0 Å². The molecule has 1 aliphatic rings. The molecule has 1 fully saturated rings. The number of benzene rings is 1. The summed E-state index contributed by atoms with van der Waals surface area (Å²) in [5.74, 6) is 0. The van der Waals surface area contributed by atoms with Crippen molar-refractivity contribution in [1.82, 2.24) is 0 Å². The highest BCUT2D eigenvalue weighted by molar-refractivity contribution is 7.83. The normalized spacial score (nSPS) is 19.3. The third kappa shape index (κ3) is 2.42. The molecule has 0 amide bonds. The van der Waals surface area contributed by atoms with Crippen LogP contribution >= 0.6 is 7.26 Å². The molecule has 1 aromatic rings. The van der Waals surface area contributed by atoms with Gasteiger partial charge in [-0.25, -0.2) is 0 Å². The molecule has 15 heavy (non-hydrogen) atoms. The summed E-state index contributed by atoms with van der Waals surface area (Å²) in [5, 5.41) is 1.70. The Kier molecular flexibility index (Phi) is 3.81. The number of rotatable bonds is 4. The van der Waals surface area contributed by atoms with Crippen LogP contribution < -0.4 is 5.30 Å². The van der Waals surface area contributed by atoms with Crippen LogP contribution in [-0.4, -0.2) is 18.5 Å². The third-order valence-electron chi connectivity index (χ3n) is 3.67. The molecule has 2 rings (SSSR count). The second-order valence-corrected chi connectivity index (χ2v) is 8.86. The lowest BCUT2D eigenvalue weighted by Crippen LogP contribution is -2.16. The molecule has 1 saturated heterocycles. The smallest absolute Gasteiger partial charge is 0.0652 e. The van der Waals surface area contributed by atoms with E-state index in [9.17, 15) is 0 Å².